The SMILES string of the molecule is COc1ccccc1CC1CCCN1C(=O)[C@@H]1CC[C@H](CN)O1. The molecule has 2 aliphatic rings. The second kappa shape index (κ2) is 7.32. The highest BCUT2D eigenvalue weighted by Gasteiger charge is 2.37. The molecule has 1 amide bonds. The first kappa shape index (κ1) is 16.3. The van der Waals surface area contributed by atoms with Gasteiger partial charge in [0, 0.05) is 19.1 Å². The number of benzene rings is 1. The van der Waals surface area contributed by atoms with E-state index in [1.54, 1.807) is 7.11 Å². The van der Waals surface area contributed by atoms with Gasteiger partial charge in [-0.25, -0.2) is 0 Å². The van der Waals surface area contributed by atoms with Crippen molar-refractivity contribution >= 4 is 5.91 Å². The van der Waals surface area contributed by atoms with Gasteiger partial charge in [-0.1, -0.05) is 18.2 Å². The van der Waals surface area contributed by atoms with E-state index in [0.29, 0.717) is 6.54 Å². The average Bonchev–Trinajstić information content (AvgIpc) is 3.24. The van der Waals surface area contributed by atoms with Crippen LogP contribution < -0.4 is 10.5 Å². The minimum Gasteiger partial charge on any atom is -0.496 e. The fraction of sp³-hybridized carbons (Fsp3) is 0.611. The number of likely N-dealkylation sites (tertiary alicyclic amines) is 1. The third kappa shape index (κ3) is 3.51. The van der Waals surface area contributed by atoms with Gasteiger partial charge in [-0.05, 0) is 43.7 Å². The Morgan fingerprint density at radius 3 is 2.91 bits per heavy atom. The zero-order valence-corrected chi connectivity index (χ0v) is 13.7. The highest BCUT2D eigenvalue weighted by Crippen LogP contribution is 2.29. The van der Waals surface area contributed by atoms with Crippen LogP contribution in [0.3, 0.4) is 0 Å². The molecule has 0 aliphatic carbocycles. The fourth-order valence-corrected chi connectivity index (χ4v) is 3.71. The van der Waals surface area contributed by atoms with Crippen molar-refractivity contribution in [2.45, 2.75) is 50.4 Å². The van der Waals surface area contributed by atoms with Crippen molar-refractivity contribution in [2.75, 3.05) is 20.2 Å². The average molecular weight is 318 g/mol. The second-order valence-electron chi connectivity index (χ2n) is 6.40. The normalized spacial score (nSPS) is 27.4. The lowest BCUT2D eigenvalue weighted by molar-refractivity contribution is -0.143. The van der Waals surface area contributed by atoms with Crippen LogP contribution in [0.15, 0.2) is 24.3 Å². The van der Waals surface area contributed by atoms with E-state index in [2.05, 4.69) is 6.07 Å². The Hall–Kier alpha value is -1.59. The van der Waals surface area contributed by atoms with Crippen molar-refractivity contribution in [3.05, 3.63) is 29.8 Å². The van der Waals surface area contributed by atoms with Gasteiger partial charge in [0.1, 0.15) is 11.9 Å². The van der Waals surface area contributed by atoms with Gasteiger partial charge in [0.25, 0.3) is 5.91 Å². The molecule has 0 radical (unpaired) electrons. The molecular formula is C18H26N2O3. The molecule has 0 saturated carbocycles. The molecule has 2 aliphatic heterocycles. The topological polar surface area (TPSA) is 64.8 Å². The van der Waals surface area contributed by atoms with Crippen LogP contribution in [0.5, 0.6) is 5.75 Å². The molecule has 3 atom stereocenters. The van der Waals surface area contributed by atoms with Crippen LogP contribution in [0, 0.1) is 0 Å². The summed E-state index contributed by atoms with van der Waals surface area (Å²) in [5, 5.41) is 0. The van der Waals surface area contributed by atoms with Gasteiger partial charge in [0.2, 0.25) is 0 Å². The Labute approximate surface area is 137 Å². The van der Waals surface area contributed by atoms with Gasteiger partial charge in [0.05, 0.1) is 13.2 Å². The number of ether oxygens (including phenoxy) is 2. The van der Waals surface area contributed by atoms with Crippen molar-refractivity contribution in [3.63, 3.8) is 0 Å². The standard InChI is InChI=1S/C18H26N2O3/c1-22-16-7-3-2-5-13(16)11-14-6-4-10-20(14)18(21)17-9-8-15(12-19)23-17/h2-3,5,7,14-15,17H,4,6,8-12,19H2,1H3/t14?,15-,17+/m1/s1. The molecule has 126 valence electrons. The first-order valence-electron chi connectivity index (χ1n) is 8.51. The minimum atomic E-state index is -0.304. The predicted molar refractivity (Wildman–Crippen MR) is 88.4 cm³/mol. The largest absolute Gasteiger partial charge is 0.496 e. The Kier molecular flexibility index (Phi) is 5.18. The summed E-state index contributed by atoms with van der Waals surface area (Å²) in [6, 6.07) is 8.28. The third-order valence-electron chi connectivity index (χ3n) is 4.95. The summed E-state index contributed by atoms with van der Waals surface area (Å²) in [6.07, 6.45) is 4.34. The fourth-order valence-electron chi connectivity index (χ4n) is 3.71. The number of rotatable bonds is 5. The molecule has 2 heterocycles. The molecule has 23 heavy (non-hydrogen) atoms. The molecule has 5 heteroatoms. The Balaban J connectivity index is 1.67. The number of amides is 1. The highest BCUT2D eigenvalue weighted by atomic mass is 16.5. The van der Waals surface area contributed by atoms with Gasteiger partial charge in [-0.2, -0.15) is 0 Å². The van der Waals surface area contributed by atoms with E-state index in [1.165, 1.54) is 0 Å². The number of hydrogen-bond acceptors (Lipinski definition) is 4. The maximum Gasteiger partial charge on any atom is 0.251 e. The van der Waals surface area contributed by atoms with Gasteiger partial charge in [-0.15, -0.1) is 0 Å². The highest BCUT2D eigenvalue weighted by molar-refractivity contribution is 5.81. The van der Waals surface area contributed by atoms with Crippen molar-refractivity contribution < 1.29 is 14.3 Å². The smallest absolute Gasteiger partial charge is 0.251 e. The van der Waals surface area contributed by atoms with Gasteiger partial charge < -0.3 is 20.1 Å². The van der Waals surface area contributed by atoms with Crippen LogP contribution in [-0.4, -0.2) is 49.3 Å². The lowest BCUT2D eigenvalue weighted by Gasteiger charge is -2.28. The van der Waals surface area contributed by atoms with Crippen LogP contribution >= 0.6 is 0 Å². The molecule has 0 aromatic heterocycles. The molecule has 3 rings (SSSR count). The molecule has 5 nitrogen and oxygen atoms in total. The molecule has 2 saturated heterocycles. The van der Waals surface area contributed by atoms with Crippen LogP contribution in [0.4, 0.5) is 0 Å². The molecule has 1 aromatic carbocycles. The zero-order chi connectivity index (χ0) is 16.2. The monoisotopic (exact) mass is 318 g/mol. The molecule has 2 N–H and O–H groups in total. The van der Waals surface area contributed by atoms with E-state index in [0.717, 1.165) is 50.0 Å². The second-order valence-corrected chi connectivity index (χ2v) is 6.40. The number of carbonyl (C=O) groups excluding carboxylic acids is 1. The summed E-state index contributed by atoms with van der Waals surface area (Å²) in [5.41, 5.74) is 6.81. The van der Waals surface area contributed by atoms with Crippen LogP contribution in [-0.2, 0) is 16.0 Å². The summed E-state index contributed by atoms with van der Waals surface area (Å²) in [6.45, 7) is 1.32. The number of nitrogens with two attached hydrogens (primary N) is 1. The predicted octanol–water partition coefficient (Wildman–Crippen LogP) is 1.73. The Morgan fingerprint density at radius 1 is 1.35 bits per heavy atom. The van der Waals surface area contributed by atoms with Crippen molar-refractivity contribution in [2.24, 2.45) is 5.73 Å². The quantitative estimate of drug-likeness (QED) is 0.898. The maximum atomic E-state index is 12.8. The summed E-state index contributed by atoms with van der Waals surface area (Å²) < 4.78 is 11.2. The molecular weight excluding hydrogens is 292 g/mol. The van der Waals surface area contributed by atoms with E-state index in [4.69, 9.17) is 15.2 Å². The Bertz CT molecular complexity index is 549. The molecule has 1 aromatic rings. The molecule has 0 bridgehead atoms. The van der Waals surface area contributed by atoms with Crippen molar-refractivity contribution in [3.8, 4) is 5.75 Å². The molecule has 0 spiro atoms. The van der Waals surface area contributed by atoms with Gasteiger partial charge in [0.15, 0.2) is 0 Å². The van der Waals surface area contributed by atoms with E-state index < -0.39 is 0 Å². The van der Waals surface area contributed by atoms with Crippen molar-refractivity contribution in [1.82, 2.24) is 4.90 Å². The Morgan fingerprint density at radius 2 is 2.17 bits per heavy atom. The van der Waals surface area contributed by atoms with Crippen LogP contribution in [0.1, 0.15) is 31.2 Å². The van der Waals surface area contributed by atoms with Crippen LogP contribution in [0.2, 0.25) is 0 Å². The number of hydrogen-bond donors (Lipinski definition) is 1. The third-order valence-corrected chi connectivity index (χ3v) is 4.95. The molecule has 1 unspecified atom stereocenters. The lowest BCUT2D eigenvalue weighted by Crippen LogP contribution is -2.43. The van der Waals surface area contributed by atoms with E-state index >= 15 is 0 Å². The van der Waals surface area contributed by atoms with Crippen LogP contribution in [0.25, 0.3) is 0 Å². The number of nitrogens with zero attached hydrogens (tertiary/aromatic N) is 1. The lowest BCUT2D eigenvalue weighted by atomic mass is 10.0. The maximum absolute atomic E-state index is 12.8. The number of para-hydroxylation sites is 1. The van der Waals surface area contributed by atoms with E-state index in [9.17, 15) is 4.79 Å². The summed E-state index contributed by atoms with van der Waals surface area (Å²) in [5.74, 6) is 1.03. The molecule has 2 fully saturated rings. The summed E-state index contributed by atoms with van der Waals surface area (Å²) in [4.78, 5) is 14.8. The number of methoxy groups -OCH3 is 1. The van der Waals surface area contributed by atoms with Crippen molar-refractivity contribution in [1.29, 1.82) is 0 Å². The summed E-state index contributed by atoms with van der Waals surface area (Å²) >= 11 is 0. The number of carbonyl (C=O) groups is 1. The van der Waals surface area contributed by atoms with Gasteiger partial charge >= 0.3 is 0 Å². The minimum absolute atomic E-state index is 0.0409. The van der Waals surface area contributed by atoms with E-state index in [-0.39, 0.29) is 24.2 Å². The van der Waals surface area contributed by atoms with E-state index in [1.807, 2.05) is 23.1 Å². The zero-order valence-electron chi connectivity index (χ0n) is 13.7. The van der Waals surface area contributed by atoms with Gasteiger partial charge in [-0.3, -0.25) is 4.79 Å². The summed E-state index contributed by atoms with van der Waals surface area (Å²) in [7, 11) is 1.69. The first-order valence-corrected chi connectivity index (χ1v) is 8.51. The first-order chi connectivity index (χ1) is 11.2.